The molecular formula is C16H29NO. The van der Waals surface area contributed by atoms with Crippen molar-refractivity contribution in [2.45, 2.75) is 46.6 Å². The lowest BCUT2D eigenvalue weighted by Crippen LogP contribution is -2.47. The van der Waals surface area contributed by atoms with E-state index in [9.17, 15) is 0 Å². The SMILES string of the molecule is CC(C)(C)N1CCOCC1.CC(C)C1=CCC=C1. The molecule has 1 saturated heterocycles. The zero-order valence-electron chi connectivity index (χ0n) is 12.7. The van der Waals surface area contributed by atoms with Crippen molar-refractivity contribution in [2.24, 2.45) is 5.92 Å². The van der Waals surface area contributed by atoms with Gasteiger partial charge in [-0.15, -0.1) is 0 Å². The first-order valence-electron chi connectivity index (χ1n) is 7.10. The average molecular weight is 251 g/mol. The van der Waals surface area contributed by atoms with Gasteiger partial charge in [0.1, 0.15) is 0 Å². The van der Waals surface area contributed by atoms with Crippen molar-refractivity contribution >= 4 is 0 Å². The fraction of sp³-hybridized carbons (Fsp3) is 0.750. The minimum Gasteiger partial charge on any atom is -0.379 e. The fourth-order valence-electron chi connectivity index (χ4n) is 2.14. The minimum atomic E-state index is 0.323. The van der Waals surface area contributed by atoms with Crippen molar-refractivity contribution in [3.63, 3.8) is 0 Å². The number of nitrogens with zero attached hydrogens (tertiary/aromatic N) is 1. The van der Waals surface area contributed by atoms with E-state index in [1.165, 1.54) is 5.57 Å². The third kappa shape index (κ3) is 5.36. The van der Waals surface area contributed by atoms with E-state index in [0.717, 1.165) is 32.7 Å². The molecule has 0 saturated carbocycles. The molecule has 0 unspecified atom stereocenters. The molecule has 0 radical (unpaired) electrons. The molecule has 0 amide bonds. The van der Waals surface area contributed by atoms with Crippen molar-refractivity contribution in [3.8, 4) is 0 Å². The first-order valence-corrected chi connectivity index (χ1v) is 7.10. The summed E-state index contributed by atoms with van der Waals surface area (Å²) >= 11 is 0. The standard InChI is InChI=1S/C8H17NO.C8H12/c1-8(2,3)9-4-6-10-7-5-9;1-7(2)8-5-3-4-6-8/h4-7H2,1-3H3;3,5-7H,4H2,1-2H3. The van der Waals surface area contributed by atoms with Gasteiger partial charge in [0.2, 0.25) is 0 Å². The fourth-order valence-corrected chi connectivity index (χ4v) is 2.14. The van der Waals surface area contributed by atoms with E-state index in [4.69, 9.17) is 4.74 Å². The molecule has 1 aliphatic carbocycles. The van der Waals surface area contributed by atoms with Crippen LogP contribution in [-0.4, -0.2) is 36.7 Å². The van der Waals surface area contributed by atoms with Crippen LogP contribution in [0.3, 0.4) is 0 Å². The van der Waals surface area contributed by atoms with E-state index >= 15 is 0 Å². The molecule has 2 nitrogen and oxygen atoms in total. The van der Waals surface area contributed by atoms with Gasteiger partial charge >= 0.3 is 0 Å². The lowest BCUT2D eigenvalue weighted by Gasteiger charge is -2.38. The second kappa shape index (κ2) is 7.10. The second-order valence-corrected chi connectivity index (χ2v) is 6.27. The van der Waals surface area contributed by atoms with Crippen LogP contribution in [0.15, 0.2) is 23.8 Å². The summed E-state index contributed by atoms with van der Waals surface area (Å²) in [5.41, 5.74) is 1.81. The van der Waals surface area contributed by atoms with Gasteiger partial charge in [-0.2, -0.15) is 0 Å². The predicted octanol–water partition coefficient (Wildman–Crippen LogP) is 3.65. The molecular weight excluding hydrogens is 222 g/mol. The maximum Gasteiger partial charge on any atom is 0.0594 e. The van der Waals surface area contributed by atoms with Crippen LogP contribution in [0.5, 0.6) is 0 Å². The average Bonchev–Trinajstić information content (AvgIpc) is 2.83. The molecule has 0 aromatic heterocycles. The summed E-state index contributed by atoms with van der Waals surface area (Å²) in [6, 6.07) is 0. The number of hydrogen-bond donors (Lipinski definition) is 0. The molecule has 1 fully saturated rings. The second-order valence-electron chi connectivity index (χ2n) is 6.27. The van der Waals surface area contributed by atoms with Crippen LogP contribution < -0.4 is 0 Å². The summed E-state index contributed by atoms with van der Waals surface area (Å²) in [6.45, 7) is 15.2. The molecule has 0 bridgehead atoms. The van der Waals surface area contributed by atoms with Crippen molar-refractivity contribution in [1.82, 2.24) is 4.90 Å². The third-order valence-corrected chi connectivity index (χ3v) is 3.43. The van der Waals surface area contributed by atoms with Gasteiger partial charge in [0.15, 0.2) is 0 Å². The zero-order valence-corrected chi connectivity index (χ0v) is 12.7. The van der Waals surface area contributed by atoms with Gasteiger partial charge in [0.25, 0.3) is 0 Å². The van der Waals surface area contributed by atoms with Crippen molar-refractivity contribution < 1.29 is 4.74 Å². The van der Waals surface area contributed by atoms with E-state index in [1.807, 2.05) is 0 Å². The highest BCUT2D eigenvalue weighted by molar-refractivity contribution is 5.27. The molecule has 0 spiro atoms. The van der Waals surface area contributed by atoms with Crippen LogP contribution >= 0.6 is 0 Å². The molecule has 2 aliphatic rings. The summed E-state index contributed by atoms with van der Waals surface area (Å²) in [4.78, 5) is 2.45. The number of morpholine rings is 1. The van der Waals surface area contributed by atoms with E-state index in [2.05, 4.69) is 57.7 Å². The van der Waals surface area contributed by atoms with Crippen molar-refractivity contribution in [1.29, 1.82) is 0 Å². The molecule has 2 heteroatoms. The third-order valence-electron chi connectivity index (χ3n) is 3.43. The Morgan fingerprint density at radius 1 is 1.17 bits per heavy atom. The Balaban J connectivity index is 0.000000184. The van der Waals surface area contributed by atoms with Gasteiger partial charge in [-0.3, -0.25) is 4.90 Å². The van der Waals surface area contributed by atoms with Gasteiger partial charge < -0.3 is 4.74 Å². The molecule has 104 valence electrons. The highest BCUT2D eigenvalue weighted by atomic mass is 16.5. The minimum absolute atomic E-state index is 0.323. The van der Waals surface area contributed by atoms with Crippen LogP contribution in [0.1, 0.15) is 41.0 Å². The van der Waals surface area contributed by atoms with E-state index < -0.39 is 0 Å². The quantitative estimate of drug-likeness (QED) is 0.705. The Labute approximate surface area is 113 Å². The largest absolute Gasteiger partial charge is 0.379 e. The highest BCUT2D eigenvalue weighted by Crippen LogP contribution is 2.16. The van der Waals surface area contributed by atoms with Crippen LogP contribution in [-0.2, 0) is 4.74 Å². The molecule has 1 aliphatic heterocycles. The first kappa shape index (κ1) is 15.5. The summed E-state index contributed by atoms with van der Waals surface area (Å²) < 4.78 is 5.25. The Bertz CT molecular complexity index is 291. The van der Waals surface area contributed by atoms with E-state index in [0.29, 0.717) is 11.5 Å². The van der Waals surface area contributed by atoms with Crippen molar-refractivity contribution in [2.75, 3.05) is 26.3 Å². The van der Waals surface area contributed by atoms with Gasteiger partial charge in [-0.1, -0.05) is 32.1 Å². The van der Waals surface area contributed by atoms with E-state index in [1.54, 1.807) is 0 Å². The monoisotopic (exact) mass is 251 g/mol. The lowest BCUT2D eigenvalue weighted by atomic mass is 10.1. The van der Waals surface area contributed by atoms with Gasteiger partial charge in [-0.05, 0) is 38.7 Å². The smallest absolute Gasteiger partial charge is 0.0594 e. The number of allylic oxidation sites excluding steroid dienone is 4. The number of hydrogen-bond acceptors (Lipinski definition) is 2. The Morgan fingerprint density at radius 2 is 1.78 bits per heavy atom. The molecule has 0 aromatic rings. The Hall–Kier alpha value is -0.600. The maximum absolute atomic E-state index is 5.25. The van der Waals surface area contributed by atoms with Gasteiger partial charge in [0.05, 0.1) is 13.2 Å². The number of rotatable bonds is 1. The topological polar surface area (TPSA) is 12.5 Å². The summed E-state index contributed by atoms with van der Waals surface area (Å²) in [6.07, 6.45) is 7.85. The Morgan fingerprint density at radius 3 is 2.06 bits per heavy atom. The summed E-state index contributed by atoms with van der Waals surface area (Å²) in [5.74, 6) is 0.716. The molecule has 1 heterocycles. The molecule has 2 rings (SSSR count). The Kier molecular flexibility index (Phi) is 6.10. The molecule has 18 heavy (non-hydrogen) atoms. The van der Waals surface area contributed by atoms with Crippen LogP contribution in [0.25, 0.3) is 0 Å². The maximum atomic E-state index is 5.25. The van der Waals surface area contributed by atoms with E-state index in [-0.39, 0.29) is 0 Å². The lowest BCUT2D eigenvalue weighted by molar-refractivity contribution is -0.00389. The van der Waals surface area contributed by atoms with Crippen molar-refractivity contribution in [3.05, 3.63) is 23.8 Å². The normalized spacial score (nSPS) is 20.7. The molecule has 0 atom stereocenters. The zero-order chi connectivity index (χ0) is 13.6. The first-order chi connectivity index (χ1) is 8.41. The predicted molar refractivity (Wildman–Crippen MR) is 78.8 cm³/mol. The number of ether oxygens (including phenoxy) is 1. The van der Waals surface area contributed by atoms with Gasteiger partial charge in [0, 0.05) is 18.6 Å². The van der Waals surface area contributed by atoms with Crippen LogP contribution in [0, 0.1) is 5.92 Å². The van der Waals surface area contributed by atoms with Crippen LogP contribution in [0.2, 0.25) is 0 Å². The molecule has 0 aromatic carbocycles. The highest BCUT2D eigenvalue weighted by Gasteiger charge is 2.22. The van der Waals surface area contributed by atoms with Gasteiger partial charge in [-0.25, -0.2) is 0 Å². The van der Waals surface area contributed by atoms with Crippen LogP contribution in [0.4, 0.5) is 0 Å². The summed E-state index contributed by atoms with van der Waals surface area (Å²) in [7, 11) is 0. The summed E-state index contributed by atoms with van der Waals surface area (Å²) in [5, 5.41) is 0. The molecule has 0 N–H and O–H groups in total.